The molecule has 0 aromatic heterocycles. The number of nitrogens with zero attached hydrogens (tertiary/aromatic N) is 1. The van der Waals surface area contributed by atoms with Gasteiger partial charge in [0.15, 0.2) is 0 Å². The predicted octanol–water partition coefficient (Wildman–Crippen LogP) is 3.80. The molecule has 0 unspecified atom stereocenters. The van der Waals surface area contributed by atoms with Crippen molar-refractivity contribution in [3.63, 3.8) is 0 Å². The predicted molar refractivity (Wildman–Crippen MR) is 113 cm³/mol. The number of carbonyl (C=O) groups is 3. The standard InChI is InChI=1S/C22H33N3O4/c1-21(2,3)24-19(27)16-9-7-8-10-17(16)23-18(26)15-11-13-25(14-12-15)20(28)29-22(4,5)6/h7-10,15H,11-14H2,1-6H3,(H,23,26)(H,24,27). The quantitative estimate of drug-likeness (QED) is 0.803. The summed E-state index contributed by atoms with van der Waals surface area (Å²) in [6, 6.07) is 6.98. The zero-order valence-corrected chi connectivity index (χ0v) is 18.3. The summed E-state index contributed by atoms with van der Waals surface area (Å²) in [6.07, 6.45) is 0.767. The van der Waals surface area contributed by atoms with Crippen molar-refractivity contribution in [1.29, 1.82) is 0 Å². The fourth-order valence-corrected chi connectivity index (χ4v) is 3.08. The third-order valence-electron chi connectivity index (χ3n) is 4.44. The van der Waals surface area contributed by atoms with Gasteiger partial charge in [-0.1, -0.05) is 12.1 Å². The third kappa shape index (κ3) is 7.07. The third-order valence-corrected chi connectivity index (χ3v) is 4.44. The number of likely N-dealkylation sites (tertiary alicyclic amines) is 1. The zero-order chi connectivity index (χ0) is 21.8. The molecule has 2 N–H and O–H groups in total. The lowest BCUT2D eigenvalue weighted by molar-refractivity contribution is -0.121. The van der Waals surface area contributed by atoms with Gasteiger partial charge in [-0.3, -0.25) is 9.59 Å². The molecule has 1 aliphatic rings. The van der Waals surface area contributed by atoms with E-state index in [0.29, 0.717) is 37.2 Å². The lowest BCUT2D eigenvalue weighted by Crippen LogP contribution is -2.44. The van der Waals surface area contributed by atoms with E-state index in [-0.39, 0.29) is 29.4 Å². The van der Waals surface area contributed by atoms with E-state index in [1.165, 1.54) is 0 Å². The first-order valence-electron chi connectivity index (χ1n) is 10.1. The van der Waals surface area contributed by atoms with E-state index < -0.39 is 5.60 Å². The maximum absolute atomic E-state index is 12.8. The summed E-state index contributed by atoms with van der Waals surface area (Å²) < 4.78 is 5.39. The van der Waals surface area contributed by atoms with Gasteiger partial charge in [0.05, 0.1) is 11.3 Å². The molecule has 0 atom stereocenters. The zero-order valence-electron chi connectivity index (χ0n) is 18.3. The van der Waals surface area contributed by atoms with Crippen LogP contribution < -0.4 is 10.6 Å². The number of ether oxygens (including phenoxy) is 1. The summed E-state index contributed by atoms with van der Waals surface area (Å²) in [4.78, 5) is 39.1. The average Bonchev–Trinajstić information content (AvgIpc) is 2.59. The van der Waals surface area contributed by atoms with Crippen molar-refractivity contribution in [1.82, 2.24) is 10.2 Å². The van der Waals surface area contributed by atoms with Crippen LogP contribution in [0.25, 0.3) is 0 Å². The molecular weight excluding hydrogens is 370 g/mol. The Kier molecular flexibility index (Phi) is 6.93. The minimum absolute atomic E-state index is 0.134. The molecular formula is C22H33N3O4. The number of piperidine rings is 1. The topological polar surface area (TPSA) is 87.7 Å². The Hall–Kier alpha value is -2.57. The smallest absolute Gasteiger partial charge is 0.410 e. The van der Waals surface area contributed by atoms with Gasteiger partial charge in [0.25, 0.3) is 5.91 Å². The molecule has 29 heavy (non-hydrogen) atoms. The van der Waals surface area contributed by atoms with Gasteiger partial charge in [0.2, 0.25) is 5.91 Å². The minimum atomic E-state index is -0.539. The maximum atomic E-state index is 12.8. The highest BCUT2D eigenvalue weighted by Crippen LogP contribution is 2.23. The number of nitrogens with one attached hydrogen (secondary N) is 2. The van der Waals surface area contributed by atoms with E-state index >= 15 is 0 Å². The molecule has 1 aromatic rings. The average molecular weight is 404 g/mol. The van der Waals surface area contributed by atoms with E-state index in [4.69, 9.17) is 4.74 Å². The Bertz CT molecular complexity index is 754. The lowest BCUT2D eigenvalue weighted by atomic mass is 9.96. The van der Waals surface area contributed by atoms with Crippen molar-refractivity contribution in [2.75, 3.05) is 18.4 Å². The van der Waals surface area contributed by atoms with Crippen LogP contribution in [0.15, 0.2) is 24.3 Å². The number of para-hydroxylation sites is 1. The Morgan fingerprint density at radius 2 is 1.59 bits per heavy atom. The van der Waals surface area contributed by atoms with Gasteiger partial charge in [0.1, 0.15) is 5.60 Å². The summed E-state index contributed by atoms with van der Waals surface area (Å²) in [7, 11) is 0. The number of hydrogen-bond acceptors (Lipinski definition) is 4. The molecule has 7 heteroatoms. The largest absolute Gasteiger partial charge is 0.444 e. The molecule has 1 fully saturated rings. The number of hydrogen-bond donors (Lipinski definition) is 2. The first-order chi connectivity index (χ1) is 13.4. The van der Waals surface area contributed by atoms with Crippen molar-refractivity contribution in [2.24, 2.45) is 5.92 Å². The van der Waals surface area contributed by atoms with Crippen LogP contribution >= 0.6 is 0 Å². The highest BCUT2D eigenvalue weighted by Gasteiger charge is 2.30. The lowest BCUT2D eigenvalue weighted by Gasteiger charge is -2.33. The summed E-state index contributed by atoms with van der Waals surface area (Å²) >= 11 is 0. The SMILES string of the molecule is CC(C)(C)NC(=O)c1ccccc1NC(=O)C1CCN(C(=O)OC(C)(C)C)CC1. The molecule has 7 nitrogen and oxygen atoms in total. The second kappa shape index (κ2) is 8.84. The summed E-state index contributed by atoms with van der Waals surface area (Å²) in [5, 5.41) is 5.81. The van der Waals surface area contributed by atoms with E-state index in [9.17, 15) is 14.4 Å². The van der Waals surface area contributed by atoms with Gasteiger partial charge in [-0.25, -0.2) is 4.79 Å². The van der Waals surface area contributed by atoms with Crippen molar-refractivity contribution in [3.05, 3.63) is 29.8 Å². The second-order valence-electron chi connectivity index (χ2n) is 9.48. The van der Waals surface area contributed by atoms with Crippen LogP contribution in [0.4, 0.5) is 10.5 Å². The van der Waals surface area contributed by atoms with Gasteiger partial charge in [-0.2, -0.15) is 0 Å². The van der Waals surface area contributed by atoms with Crippen LogP contribution in [-0.2, 0) is 9.53 Å². The number of anilines is 1. The van der Waals surface area contributed by atoms with Crippen molar-refractivity contribution in [2.45, 2.75) is 65.5 Å². The molecule has 1 aromatic carbocycles. The Labute approximate surface area is 173 Å². The molecule has 3 amide bonds. The number of amides is 3. The molecule has 0 aliphatic carbocycles. The van der Waals surface area contributed by atoms with E-state index in [1.54, 1.807) is 29.2 Å². The molecule has 0 radical (unpaired) electrons. The van der Waals surface area contributed by atoms with Gasteiger partial charge in [-0.05, 0) is 66.5 Å². The van der Waals surface area contributed by atoms with E-state index in [1.807, 2.05) is 41.5 Å². The number of carbonyl (C=O) groups excluding carboxylic acids is 3. The Morgan fingerprint density at radius 1 is 1.00 bits per heavy atom. The second-order valence-corrected chi connectivity index (χ2v) is 9.48. The van der Waals surface area contributed by atoms with Gasteiger partial charge in [-0.15, -0.1) is 0 Å². The fraction of sp³-hybridized carbons (Fsp3) is 0.591. The van der Waals surface area contributed by atoms with Crippen LogP contribution in [-0.4, -0.2) is 47.0 Å². The van der Waals surface area contributed by atoms with Crippen LogP contribution in [0.1, 0.15) is 64.7 Å². The molecule has 1 saturated heterocycles. The molecule has 1 heterocycles. The van der Waals surface area contributed by atoms with Crippen LogP contribution in [0.5, 0.6) is 0 Å². The first kappa shape index (κ1) is 22.7. The highest BCUT2D eigenvalue weighted by molar-refractivity contribution is 6.04. The highest BCUT2D eigenvalue weighted by atomic mass is 16.6. The fourth-order valence-electron chi connectivity index (χ4n) is 3.08. The Balaban J connectivity index is 1.97. The molecule has 2 rings (SSSR count). The van der Waals surface area contributed by atoms with E-state index in [2.05, 4.69) is 10.6 Å². The maximum Gasteiger partial charge on any atom is 0.410 e. The Morgan fingerprint density at radius 3 is 2.14 bits per heavy atom. The van der Waals surface area contributed by atoms with Gasteiger partial charge < -0.3 is 20.3 Å². The van der Waals surface area contributed by atoms with Crippen molar-refractivity contribution >= 4 is 23.6 Å². The minimum Gasteiger partial charge on any atom is -0.444 e. The molecule has 0 saturated carbocycles. The summed E-state index contributed by atoms with van der Waals surface area (Å²) in [5.74, 6) is -0.578. The van der Waals surface area contributed by atoms with Crippen LogP contribution in [0, 0.1) is 5.92 Å². The molecule has 1 aliphatic heterocycles. The van der Waals surface area contributed by atoms with Gasteiger partial charge >= 0.3 is 6.09 Å². The summed E-state index contributed by atoms with van der Waals surface area (Å²) in [5.41, 5.74) is 0.0153. The first-order valence-corrected chi connectivity index (χ1v) is 10.1. The number of rotatable bonds is 3. The van der Waals surface area contributed by atoms with Crippen LogP contribution in [0.3, 0.4) is 0 Å². The molecule has 0 spiro atoms. The number of benzene rings is 1. The van der Waals surface area contributed by atoms with E-state index in [0.717, 1.165) is 0 Å². The monoisotopic (exact) mass is 403 g/mol. The molecule has 0 bridgehead atoms. The molecule has 160 valence electrons. The van der Waals surface area contributed by atoms with Crippen LogP contribution in [0.2, 0.25) is 0 Å². The summed E-state index contributed by atoms with van der Waals surface area (Å²) in [6.45, 7) is 12.2. The van der Waals surface area contributed by atoms with Crippen molar-refractivity contribution in [3.8, 4) is 0 Å². The normalized spacial score (nSPS) is 15.6. The van der Waals surface area contributed by atoms with Gasteiger partial charge in [0, 0.05) is 24.5 Å². The van der Waals surface area contributed by atoms with Crippen molar-refractivity contribution < 1.29 is 19.1 Å².